The van der Waals surface area contributed by atoms with Gasteiger partial charge in [0.2, 0.25) is 0 Å². The molecule has 1 atom stereocenters. The van der Waals surface area contributed by atoms with Crippen LogP contribution in [0.15, 0.2) is 18.2 Å². The van der Waals surface area contributed by atoms with Crippen LogP contribution in [0, 0.1) is 0 Å². The number of amides is 2. The highest BCUT2D eigenvalue weighted by Gasteiger charge is 2.37. The zero-order valence-corrected chi connectivity index (χ0v) is 10.6. The first-order valence-electron chi connectivity index (χ1n) is 6.09. The summed E-state index contributed by atoms with van der Waals surface area (Å²) < 4.78 is 5.38. The average Bonchev–Trinajstić information content (AvgIpc) is 2.40. The first-order valence-corrected chi connectivity index (χ1v) is 6.09. The summed E-state index contributed by atoms with van der Waals surface area (Å²) in [5.74, 6) is -0.935. The van der Waals surface area contributed by atoms with Gasteiger partial charge in [-0.2, -0.15) is 0 Å². The smallest absolute Gasteiger partial charge is 0.278 e. The van der Waals surface area contributed by atoms with Crippen LogP contribution in [-0.4, -0.2) is 36.2 Å². The van der Waals surface area contributed by atoms with Crippen LogP contribution in [0.3, 0.4) is 0 Å². The molecule has 19 heavy (non-hydrogen) atoms. The van der Waals surface area contributed by atoms with Crippen LogP contribution in [0.25, 0.3) is 0 Å². The second kappa shape index (κ2) is 5.27. The van der Waals surface area contributed by atoms with E-state index in [4.69, 9.17) is 15.6 Å². The topological polar surface area (TPSA) is 92.9 Å². The number of carbonyl (C=O) groups excluding carboxylic acids is 2. The van der Waals surface area contributed by atoms with Gasteiger partial charge in [-0.1, -0.05) is 13.0 Å². The summed E-state index contributed by atoms with van der Waals surface area (Å²) in [6, 6.07) is 5.41. The number of aryl methyl sites for hydroxylation is 1. The molecule has 0 bridgehead atoms. The number of fused-ring (bicyclic) bond motifs is 1. The molecule has 3 N–H and O–H groups in total. The van der Waals surface area contributed by atoms with Gasteiger partial charge in [-0.05, 0) is 24.1 Å². The van der Waals surface area contributed by atoms with Crippen molar-refractivity contribution in [2.75, 3.05) is 18.1 Å². The van der Waals surface area contributed by atoms with E-state index in [0.29, 0.717) is 11.4 Å². The molecule has 0 spiro atoms. The Morgan fingerprint density at radius 3 is 2.84 bits per heavy atom. The van der Waals surface area contributed by atoms with Gasteiger partial charge in [0.1, 0.15) is 5.75 Å². The fourth-order valence-electron chi connectivity index (χ4n) is 2.04. The number of primary amides is 1. The fraction of sp³-hybridized carbons (Fsp3) is 0.385. The van der Waals surface area contributed by atoms with E-state index in [-0.39, 0.29) is 13.2 Å². The summed E-state index contributed by atoms with van der Waals surface area (Å²) in [4.78, 5) is 24.7. The van der Waals surface area contributed by atoms with Gasteiger partial charge in [0.15, 0.2) is 0 Å². The molecule has 0 fully saturated rings. The van der Waals surface area contributed by atoms with E-state index in [1.165, 1.54) is 4.90 Å². The van der Waals surface area contributed by atoms with Crippen LogP contribution >= 0.6 is 0 Å². The van der Waals surface area contributed by atoms with Crippen LogP contribution in [-0.2, 0) is 16.0 Å². The summed E-state index contributed by atoms with van der Waals surface area (Å²) in [7, 11) is 0. The SMILES string of the molecule is CCc1ccc2c(c1)OC(C(N)=O)C(=O)N2CCO. The van der Waals surface area contributed by atoms with E-state index in [0.717, 1.165) is 12.0 Å². The summed E-state index contributed by atoms with van der Waals surface area (Å²) >= 11 is 0. The molecule has 2 rings (SSSR count). The number of nitrogens with zero attached hydrogens (tertiary/aromatic N) is 1. The van der Waals surface area contributed by atoms with E-state index >= 15 is 0 Å². The second-order valence-corrected chi connectivity index (χ2v) is 4.27. The largest absolute Gasteiger partial charge is 0.468 e. The number of hydrogen-bond acceptors (Lipinski definition) is 4. The molecule has 102 valence electrons. The van der Waals surface area contributed by atoms with Gasteiger partial charge in [0.05, 0.1) is 12.3 Å². The molecule has 0 radical (unpaired) electrons. The van der Waals surface area contributed by atoms with Crippen molar-refractivity contribution in [3.63, 3.8) is 0 Å². The molecule has 6 heteroatoms. The van der Waals surface area contributed by atoms with Crippen LogP contribution in [0.5, 0.6) is 5.75 Å². The van der Waals surface area contributed by atoms with Gasteiger partial charge >= 0.3 is 0 Å². The van der Waals surface area contributed by atoms with Gasteiger partial charge in [0.25, 0.3) is 17.9 Å². The van der Waals surface area contributed by atoms with Crippen LogP contribution in [0.1, 0.15) is 12.5 Å². The van der Waals surface area contributed by atoms with Crippen molar-refractivity contribution in [2.24, 2.45) is 5.73 Å². The lowest BCUT2D eigenvalue weighted by atomic mass is 10.1. The van der Waals surface area contributed by atoms with Crippen molar-refractivity contribution < 1.29 is 19.4 Å². The van der Waals surface area contributed by atoms with Crippen molar-refractivity contribution in [3.05, 3.63) is 23.8 Å². The molecule has 1 aromatic rings. The Labute approximate surface area is 110 Å². The monoisotopic (exact) mass is 264 g/mol. The summed E-state index contributed by atoms with van der Waals surface area (Å²) in [5.41, 5.74) is 6.75. The average molecular weight is 264 g/mol. The van der Waals surface area contributed by atoms with Gasteiger partial charge < -0.3 is 20.5 Å². The molecular formula is C13H16N2O4. The molecule has 0 aromatic heterocycles. The third kappa shape index (κ3) is 2.39. The second-order valence-electron chi connectivity index (χ2n) is 4.27. The van der Waals surface area contributed by atoms with Gasteiger partial charge in [-0.3, -0.25) is 9.59 Å². The molecule has 2 amide bonds. The minimum atomic E-state index is -1.33. The number of hydrogen-bond donors (Lipinski definition) is 2. The number of β-amino-alcohol motifs (C(OH)–C–C–N with tert-alkyl or cyclic N) is 1. The predicted octanol–water partition coefficient (Wildman–Crippen LogP) is -0.179. The Kier molecular flexibility index (Phi) is 3.71. The first kappa shape index (κ1) is 13.4. The molecule has 6 nitrogen and oxygen atoms in total. The lowest BCUT2D eigenvalue weighted by molar-refractivity contribution is -0.136. The Hall–Kier alpha value is -2.08. The third-order valence-electron chi connectivity index (χ3n) is 3.04. The number of aliphatic hydroxyl groups excluding tert-OH is 1. The first-order chi connectivity index (χ1) is 9.08. The molecule has 1 aliphatic heterocycles. The molecule has 1 aliphatic rings. The molecule has 1 heterocycles. The van der Waals surface area contributed by atoms with E-state index in [2.05, 4.69) is 0 Å². The molecule has 1 unspecified atom stereocenters. The third-order valence-corrected chi connectivity index (χ3v) is 3.04. The van der Waals surface area contributed by atoms with Crippen molar-refractivity contribution >= 4 is 17.5 Å². The quantitative estimate of drug-likeness (QED) is 0.738. The Morgan fingerprint density at radius 1 is 1.53 bits per heavy atom. The van der Waals surface area contributed by atoms with Crippen LogP contribution in [0.2, 0.25) is 0 Å². The van der Waals surface area contributed by atoms with E-state index in [1.807, 2.05) is 13.0 Å². The Balaban J connectivity index is 2.45. The highest BCUT2D eigenvalue weighted by molar-refractivity contribution is 6.12. The Bertz CT molecular complexity index is 515. The van der Waals surface area contributed by atoms with Crippen molar-refractivity contribution in [1.82, 2.24) is 0 Å². The maximum Gasteiger partial charge on any atom is 0.278 e. The Morgan fingerprint density at radius 2 is 2.26 bits per heavy atom. The van der Waals surface area contributed by atoms with E-state index < -0.39 is 17.9 Å². The van der Waals surface area contributed by atoms with Crippen LogP contribution < -0.4 is 15.4 Å². The normalized spacial score (nSPS) is 17.9. The van der Waals surface area contributed by atoms with Gasteiger partial charge in [-0.15, -0.1) is 0 Å². The molecule has 1 aromatic carbocycles. The van der Waals surface area contributed by atoms with E-state index in [9.17, 15) is 9.59 Å². The number of benzene rings is 1. The molecule has 0 aliphatic carbocycles. The molecular weight excluding hydrogens is 248 g/mol. The standard InChI is InChI=1S/C13H16N2O4/c1-2-8-3-4-9-10(7-8)19-11(12(14)17)13(18)15(9)5-6-16/h3-4,7,11,16H,2,5-6H2,1H3,(H2,14,17). The van der Waals surface area contributed by atoms with E-state index in [1.54, 1.807) is 12.1 Å². The number of aliphatic hydroxyl groups is 1. The summed E-state index contributed by atoms with van der Waals surface area (Å²) in [6.45, 7) is 1.89. The number of ether oxygens (including phenoxy) is 1. The van der Waals surface area contributed by atoms with Gasteiger partial charge in [0, 0.05) is 6.54 Å². The lowest BCUT2D eigenvalue weighted by Crippen LogP contribution is -2.52. The number of anilines is 1. The van der Waals surface area contributed by atoms with Crippen LogP contribution in [0.4, 0.5) is 5.69 Å². The molecule has 0 saturated heterocycles. The highest BCUT2D eigenvalue weighted by atomic mass is 16.5. The van der Waals surface area contributed by atoms with Crippen molar-refractivity contribution in [1.29, 1.82) is 0 Å². The summed E-state index contributed by atoms with van der Waals surface area (Å²) in [5, 5.41) is 9.04. The number of nitrogens with two attached hydrogens (primary N) is 1. The van der Waals surface area contributed by atoms with Crippen molar-refractivity contribution in [3.8, 4) is 5.75 Å². The van der Waals surface area contributed by atoms with Gasteiger partial charge in [-0.25, -0.2) is 0 Å². The minimum Gasteiger partial charge on any atom is -0.468 e. The maximum absolute atomic E-state index is 12.1. The maximum atomic E-state index is 12.1. The molecule has 0 saturated carbocycles. The van der Waals surface area contributed by atoms with Crippen molar-refractivity contribution in [2.45, 2.75) is 19.4 Å². The lowest BCUT2D eigenvalue weighted by Gasteiger charge is -2.32. The number of rotatable bonds is 4. The zero-order valence-electron chi connectivity index (χ0n) is 10.6. The fourth-order valence-corrected chi connectivity index (χ4v) is 2.04. The highest BCUT2D eigenvalue weighted by Crippen LogP contribution is 2.34. The predicted molar refractivity (Wildman–Crippen MR) is 68.9 cm³/mol. The minimum absolute atomic E-state index is 0.102. The summed E-state index contributed by atoms with van der Waals surface area (Å²) in [6.07, 6.45) is -0.516. The zero-order chi connectivity index (χ0) is 14.0. The number of carbonyl (C=O) groups is 2.